The van der Waals surface area contributed by atoms with E-state index in [4.69, 9.17) is 5.14 Å². The number of hydrogen-bond acceptors (Lipinski definition) is 3. The lowest BCUT2D eigenvalue weighted by molar-refractivity contribution is 0.188. The third-order valence-electron chi connectivity index (χ3n) is 3.71. The molecule has 0 heterocycles. The second-order valence-corrected chi connectivity index (χ2v) is 7.61. The lowest BCUT2D eigenvalue weighted by Crippen LogP contribution is -2.36. The van der Waals surface area contributed by atoms with E-state index in [9.17, 15) is 8.42 Å². The van der Waals surface area contributed by atoms with Crippen LogP contribution in [0.4, 0.5) is 0 Å². The highest BCUT2D eigenvalue weighted by Gasteiger charge is 2.22. The Morgan fingerprint density at radius 3 is 2.33 bits per heavy atom. The van der Waals surface area contributed by atoms with Crippen LogP contribution in [0.5, 0.6) is 0 Å². The van der Waals surface area contributed by atoms with E-state index in [-0.39, 0.29) is 5.75 Å². The predicted molar refractivity (Wildman–Crippen MR) is 75.9 cm³/mol. The van der Waals surface area contributed by atoms with E-state index in [2.05, 4.69) is 18.7 Å². The summed E-state index contributed by atoms with van der Waals surface area (Å²) in [5.41, 5.74) is 0. The molecule has 0 aromatic carbocycles. The van der Waals surface area contributed by atoms with Crippen molar-refractivity contribution in [3.05, 3.63) is 0 Å². The molecule has 0 amide bonds. The number of nitrogens with zero attached hydrogens (tertiary/aromatic N) is 1. The fourth-order valence-corrected chi connectivity index (χ4v) is 3.17. The van der Waals surface area contributed by atoms with Gasteiger partial charge < -0.3 is 4.90 Å². The minimum atomic E-state index is -3.30. The van der Waals surface area contributed by atoms with Crippen molar-refractivity contribution in [2.45, 2.75) is 58.4 Å². The Balaban J connectivity index is 2.38. The molecule has 1 saturated carbocycles. The van der Waals surface area contributed by atoms with Crippen LogP contribution in [0.25, 0.3) is 0 Å². The molecule has 2 N–H and O–H groups in total. The average molecular weight is 276 g/mol. The minimum absolute atomic E-state index is 0.109. The number of sulfonamides is 1. The van der Waals surface area contributed by atoms with Crippen LogP contribution >= 0.6 is 0 Å². The van der Waals surface area contributed by atoms with Crippen LogP contribution in [0.15, 0.2) is 0 Å². The van der Waals surface area contributed by atoms with Gasteiger partial charge in [-0.1, -0.05) is 26.7 Å². The Morgan fingerprint density at radius 1 is 1.22 bits per heavy atom. The van der Waals surface area contributed by atoms with Gasteiger partial charge in [0.2, 0.25) is 10.0 Å². The van der Waals surface area contributed by atoms with E-state index in [0.717, 1.165) is 13.1 Å². The molecule has 0 aliphatic heterocycles. The lowest BCUT2D eigenvalue weighted by Gasteiger charge is -2.29. The monoisotopic (exact) mass is 276 g/mol. The first-order valence-electron chi connectivity index (χ1n) is 7.13. The van der Waals surface area contributed by atoms with Crippen molar-refractivity contribution >= 4 is 10.0 Å². The summed E-state index contributed by atoms with van der Waals surface area (Å²) in [6.07, 6.45) is 7.02. The molecule has 1 fully saturated rings. The quantitative estimate of drug-likeness (QED) is 0.737. The van der Waals surface area contributed by atoms with Crippen molar-refractivity contribution in [3.63, 3.8) is 0 Å². The van der Waals surface area contributed by atoms with Crippen LogP contribution in [-0.2, 0) is 10.0 Å². The van der Waals surface area contributed by atoms with Crippen LogP contribution in [-0.4, -0.2) is 38.2 Å². The molecule has 0 unspecified atom stereocenters. The lowest BCUT2D eigenvalue weighted by atomic mass is 10.1. The molecule has 0 aromatic heterocycles. The number of hydrogen-bond donors (Lipinski definition) is 1. The van der Waals surface area contributed by atoms with E-state index in [1.165, 1.54) is 32.1 Å². The Kier molecular flexibility index (Phi) is 6.60. The molecule has 108 valence electrons. The predicted octanol–water partition coefficient (Wildman–Crippen LogP) is 1.96. The number of primary sulfonamides is 1. The number of nitrogens with two attached hydrogens (primary N) is 1. The summed E-state index contributed by atoms with van der Waals surface area (Å²) in [7, 11) is -3.30. The van der Waals surface area contributed by atoms with Gasteiger partial charge in [-0.2, -0.15) is 0 Å². The Hall–Kier alpha value is -0.130. The highest BCUT2D eigenvalue weighted by molar-refractivity contribution is 7.89. The van der Waals surface area contributed by atoms with Gasteiger partial charge in [-0.25, -0.2) is 13.6 Å². The SMILES string of the molecule is CC(C)CCN(CCCS(N)(=O)=O)C1CCCC1. The van der Waals surface area contributed by atoms with Gasteiger partial charge in [-0.3, -0.25) is 0 Å². The first kappa shape index (κ1) is 15.9. The van der Waals surface area contributed by atoms with E-state index >= 15 is 0 Å². The van der Waals surface area contributed by atoms with Crippen molar-refractivity contribution in [1.82, 2.24) is 4.90 Å². The minimum Gasteiger partial charge on any atom is -0.300 e. The maximum Gasteiger partial charge on any atom is 0.209 e. The van der Waals surface area contributed by atoms with Gasteiger partial charge in [0, 0.05) is 6.04 Å². The average Bonchev–Trinajstić information content (AvgIpc) is 2.74. The van der Waals surface area contributed by atoms with Crippen LogP contribution in [0.2, 0.25) is 0 Å². The highest BCUT2D eigenvalue weighted by atomic mass is 32.2. The van der Waals surface area contributed by atoms with Crippen LogP contribution in [0, 0.1) is 5.92 Å². The van der Waals surface area contributed by atoms with Gasteiger partial charge in [0.05, 0.1) is 5.75 Å². The molecular formula is C13H28N2O2S. The van der Waals surface area contributed by atoms with Gasteiger partial charge in [0.15, 0.2) is 0 Å². The zero-order valence-electron chi connectivity index (χ0n) is 11.8. The summed E-state index contributed by atoms with van der Waals surface area (Å²) in [5, 5.41) is 5.05. The molecule has 0 radical (unpaired) electrons. The molecule has 1 rings (SSSR count). The molecule has 4 nitrogen and oxygen atoms in total. The molecule has 0 spiro atoms. The maximum atomic E-state index is 11.0. The first-order valence-corrected chi connectivity index (χ1v) is 8.84. The third kappa shape index (κ3) is 6.71. The summed E-state index contributed by atoms with van der Waals surface area (Å²) in [6.45, 7) is 6.43. The Morgan fingerprint density at radius 2 is 1.83 bits per heavy atom. The van der Waals surface area contributed by atoms with Crippen LogP contribution < -0.4 is 5.14 Å². The van der Waals surface area contributed by atoms with Crippen molar-refractivity contribution < 1.29 is 8.42 Å². The normalized spacial score (nSPS) is 18.1. The summed E-state index contributed by atoms with van der Waals surface area (Å²) in [6, 6.07) is 0.671. The Labute approximate surface area is 112 Å². The summed E-state index contributed by atoms with van der Waals surface area (Å²) >= 11 is 0. The fraction of sp³-hybridized carbons (Fsp3) is 1.00. The second kappa shape index (κ2) is 7.46. The summed E-state index contributed by atoms with van der Waals surface area (Å²) < 4.78 is 21.9. The molecule has 18 heavy (non-hydrogen) atoms. The fourth-order valence-electron chi connectivity index (χ4n) is 2.64. The van der Waals surface area contributed by atoms with Crippen molar-refractivity contribution in [1.29, 1.82) is 0 Å². The Bertz CT molecular complexity index is 322. The van der Waals surface area contributed by atoms with E-state index in [1.807, 2.05) is 0 Å². The van der Waals surface area contributed by atoms with E-state index in [1.54, 1.807) is 0 Å². The first-order chi connectivity index (χ1) is 8.38. The zero-order valence-corrected chi connectivity index (χ0v) is 12.6. The highest BCUT2D eigenvalue weighted by Crippen LogP contribution is 2.24. The van der Waals surface area contributed by atoms with Crippen molar-refractivity contribution in [3.8, 4) is 0 Å². The molecule has 0 aromatic rings. The molecule has 0 saturated heterocycles. The molecule has 1 aliphatic carbocycles. The zero-order chi connectivity index (χ0) is 13.6. The standard InChI is InChI=1S/C13H28N2O2S/c1-12(2)8-10-15(13-6-3-4-7-13)9-5-11-18(14,16)17/h12-13H,3-11H2,1-2H3,(H2,14,16,17). The molecule has 0 atom stereocenters. The van der Waals surface area contributed by atoms with Crippen LogP contribution in [0.3, 0.4) is 0 Å². The van der Waals surface area contributed by atoms with Gasteiger partial charge in [0.1, 0.15) is 0 Å². The van der Waals surface area contributed by atoms with Gasteiger partial charge >= 0.3 is 0 Å². The maximum absolute atomic E-state index is 11.0. The van der Waals surface area contributed by atoms with E-state index < -0.39 is 10.0 Å². The second-order valence-electron chi connectivity index (χ2n) is 5.88. The summed E-state index contributed by atoms with van der Waals surface area (Å²) in [4.78, 5) is 2.48. The van der Waals surface area contributed by atoms with Crippen molar-refractivity contribution in [2.75, 3.05) is 18.8 Å². The molecule has 1 aliphatic rings. The molecular weight excluding hydrogens is 248 g/mol. The van der Waals surface area contributed by atoms with E-state index in [0.29, 0.717) is 18.4 Å². The third-order valence-corrected chi connectivity index (χ3v) is 4.57. The van der Waals surface area contributed by atoms with Gasteiger partial charge in [-0.05, 0) is 44.7 Å². The topological polar surface area (TPSA) is 63.4 Å². The smallest absolute Gasteiger partial charge is 0.209 e. The van der Waals surface area contributed by atoms with Gasteiger partial charge in [0.25, 0.3) is 0 Å². The number of rotatable bonds is 8. The van der Waals surface area contributed by atoms with Crippen LogP contribution in [0.1, 0.15) is 52.4 Å². The van der Waals surface area contributed by atoms with Gasteiger partial charge in [-0.15, -0.1) is 0 Å². The molecule has 5 heteroatoms. The molecule has 0 bridgehead atoms. The largest absolute Gasteiger partial charge is 0.300 e. The van der Waals surface area contributed by atoms with Crippen molar-refractivity contribution in [2.24, 2.45) is 11.1 Å². The summed E-state index contributed by atoms with van der Waals surface area (Å²) in [5.74, 6) is 0.810.